The number of fused-ring (bicyclic) bond motifs is 1. The van der Waals surface area contributed by atoms with Gasteiger partial charge in [-0.1, -0.05) is 5.92 Å². The number of carbonyl (C=O) groups excluding carboxylic acids is 1. The van der Waals surface area contributed by atoms with Gasteiger partial charge in [-0.25, -0.2) is 4.98 Å². The lowest BCUT2D eigenvalue weighted by Crippen LogP contribution is -2.24. The van der Waals surface area contributed by atoms with Crippen molar-refractivity contribution in [2.45, 2.75) is 20.1 Å². The van der Waals surface area contributed by atoms with Gasteiger partial charge in [0.2, 0.25) is 0 Å². The van der Waals surface area contributed by atoms with Crippen molar-refractivity contribution in [3.8, 4) is 17.6 Å². The average Bonchev–Trinajstić information content (AvgIpc) is 3.09. The van der Waals surface area contributed by atoms with E-state index in [-0.39, 0.29) is 18.3 Å². The molecule has 0 bridgehead atoms. The molecule has 0 saturated heterocycles. The summed E-state index contributed by atoms with van der Waals surface area (Å²) in [6.07, 6.45) is 0. The number of hydrogen-bond acceptors (Lipinski definition) is 6. The standard InChI is InChI=1S/C21H21N3O4/c1-3-4-9-27-16-7-5-14-10-17(28-19(14)11-16)12-23-21(25)18-8-6-15(13-26-2)24-20(18)22/h5-8,10-11H,9,12-13H2,1-2H3,(H2,22,24)(H,23,25). The molecular formula is C21H21N3O4. The van der Waals surface area contributed by atoms with Crippen LogP contribution in [0.25, 0.3) is 11.0 Å². The van der Waals surface area contributed by atoms with Crippen LogP contribution in [0.15, 0.2) is 40.8 Å². The number of aromatic nitrogens is 1. The lowest BCUT2D eigenvalue weighted by Gasteiger charge is -2.07. The van der Waals surface area contributed by atoms with Crippen molar-refractivity contribution in [1.82, 2.24) is 10.3 Å². The Hall–Kier alpha value is -3.50. The number of pyridine rings is 1. The summed E-state index contributed by atoms with van der Waals surface area (Å²) >= 11 is 0. The van der Waals surface area contributed by atoms with Crippen molar-refractivity contribution in [1.29, 1.82) is 0 Å². The summed E-state index contributed by atoms with van der Waals surface area (Å²) in [5.74, 6) is 6.75. The monoisotopic (exact) mass is 379 g/mol. The van der Waals surface area contributed by atoms with E-state index in [1.807, 2.05) is 18.2 Å². The van der Waals surface area contributed by atoms with Gasteiger partial charge in [-0.15, -0.1) is 5.92 Å². The molecule has 7 heteroatoms. The second-order valence-electron chi connectivity index (χ2n) is 5.98. The van der Waals surface area contributed by atoms with Crippen molar-refractivity contribution in [2.24, 2.45) is 0 Å². The predicted molar refractivity (Wildman–Crippen MR) is 106 cm³/mol. The maximum atomic E-state index is 12.4. The molecule has 0 radical (unpaired) electrons. The zero-order valence-corrected chi connectivity index (χ0v) is 15.7. The Morgan fingerprint density at radius 3 is 2.89 bits per heavy atom. The van der Waals surface area contributed by atoms with E-state index in [2.05, 4.69) is 22.1 Å². The molecular weight excluding hydrogens is 358 g/mol. The predicted octanol–water partition coefficient (Wildman–Crippen LogP) is 2.89. The van der Waals surface area contributed by atoms with Crippen LogP contribution in [0, 0.1) is 11.8 Å². The molecule has 0 aliphatic carbocycles. The van der Waals surface area contributed by atoms with E-state index in [4.69, 9.17) is 19.6 Å². The molecule has 3 aromatic rings. The number of ether oxygens (including phenoxy) is 2. The lowest BCUT2D eigenvalue weighted by molar-refractivity contribution is 0.0948. The number of amides is 1. The van der Waals surface area contributed by atoms with E-state index < -0.39 is 0 Å². The minimum absolute atomic E-state index is 0.161. The minimum Gasteiger partial charge on any atom is -0.481 e. The van der Waals surface area contributed by atoms with Gasteiger partial charge in [-0.2, -0.15) is 0 Å². The number of benzene rings is 1. The third kappa shape index (κ3) is 4.61. The van der Waals surface area contributed by atoms with Crippen molar-refractivity contribution in [3.63, 3.8) is 0 Å². The number of anilines is 1. The van der Waals surface area contributed by atoms with Crippen LogP contribution in [-0.2, 0) is 17.9 Å². The average molecular weight is 379 g/mol. The van der Waals surface area contributed by atoms with E-state index in [0.29, 0.717) is 41.6 Å². The molecule has 28 heavy (non-hydrogen) atoms. The van der Waals surface area contributed by atoms with Gasteiger partial charge >= 0.3 is 0 Å². The fourth-order valence-electron chi connectivity index (χ4n) is 2.63. The highest BCUT2D eigenvalue weighted by Crippen LogP contribution is 2.24. The number of nitrogens with zero attached hydrogens (tertiary/aromatic N) is 1. The molecule has 3 rings (SSSR count). The normalized spacial score (nSPS) is 10.4. The fraction of sp³-hybridized carbons (Fsp3) is 0.238. The highest BCUT2D eigenvalue weighted by atomic mass is 16.5. The zero-order chi connectivity index (χ0) is 19.9. The molecule has 144 valence electrons. The Balaban J connectivity index is 1.65. The zero-order valence-electron chi connectivity index (χ0n) is 15.7. The third-order valence-electron chi connectivity index (χ3n) is 3.97. The highest BCUT2D eigenvalue weighted by Gasteiger charge is 2.13. The first-order valence-electron chi connectivity index (χ1n) is 8.68. The second-order valence-corrected chi connectivity index (χ2v) is 5.98. The second kappa shape index (κ2) is 8.93. The number of hydrogen-bond donors (Lipinski definition) is 2. The Bertz CT molecular complexity index is 1050. The van der Waals surface area contributed by atoms with Gasteiger partial charge in [0.05, 0.1) is 24.4 Å². The first-order chi connectivity index (χ1) is 13.6. The molecule has 0 unspecified atom stereocenters. The highest BCUT2D eigenvalue weighted by molar-refractivity contribution is 5.98. The van der Waals surface area contributed by atoms with Crippen LogP contribution in [0.2, 0.25) is 0 Å². The number of furan rings is 1. The molecule has 0 spiro atoms. The first-order valence-corrected chi connectivity index (χ1v) is 8.68. The van der Waals surface area contributed by atoms with Crippen LogP contribution in [0.3, 0.4) is 0 Å². The van der Waals surface area contributed by atoms with Crippen LogP contribution in [0.4, 0.5) is 5.82 Å². The summed E-state index contributed by atoms with van der Waals surface area (Å²) in [6.45, 7) is 2.65. The fourth-order valence-corrected chi connectivity index (χ4v) is 2.63. The molecule has 0 aliphatic heterocycles. The Morgan fingerprint density at radius 1 is 1.29 bits per heavy atom. The van der Waals surface area contributed by atoms with Crippen molar-refractivity contribution in [2.75, 3.05) is 19.5 Å². The third-order valence-corrected chi connectivity index (χ3v) is 3.97. The Kier molecular flexibility index (Phi) is 6.14. The lowest BCUT2D eigenvalue weighted by atomic mass is 10.2. The summed E-state index contributed by atoms with van der Waals surface area (Å²) < 4.78 is 16.3. The molecule has 0 atom stereocenters. The van der Waals surface area contributed by atoms with Gasteiger partial charge < -0.3 is 24.9 Å². The van der Waals surface area contributed by atoms with E-state index in [9.17, 15) is 4.79 Å². The van der Waals surface area contributed by atoms with Crippen LogP contribution in [0.1, 0.15) is 28.7 Å². The van der Waals surface area contributed by atoms with Crippen molar-refractivity contribution >= 4 is 22.7 Å². The maximum absolute atomic E-state index is 12.4. The number of nitrogen functional groups attached to an aromatic ring is 1. The van der Waals surface area contributed by atoms with Gasteiger partial charge in [-0.3, -0.25) is 4.79 Å². The number of methoxy groups -OCH3 is 1. The van der Waals surface area contributed by atoms with Crippen molar-refractivity contribution in [3.05, 3.63) is 53.4 Å². The van der Waals surface area contributed by atoms with Gasteiger partial charge in [0, 0.05) is 18.6 Å². The van der Waals surface area contributed by atoms with Gasteiger partial charge in [0.15, 0.2) is 0 Å². The Labute approximate surface area is 162 Å². The van der Waals surface area contributed by atoms with Crippen LogP contribution in [0.5, 0.6) is 5.75 Å². The van der Waals surface area contributed by atoms with Gasteiger partial charge in [-0.05, 0) is 37.3 Å². The van der Waals surface area contributed by atoms with Crippen LogP contribution < -0.4 is 15.8 Å². The molecule has 3 N–H and O–H groups in total. The summed E-state index contributed by atoms with van der Waals surface area (Å²) in [5, 5.41) is 3.71. The molecule has 0 aliphatic rings. The first kappa shape index (κ1) is 19.3. The molecule has 2 aromatic heterocycles. The molecule has 7 nitrogen and oxygen atoms in total. The number of rotatable bonds is 7. The van der Waals surface area contributed by atoms with Crippen molar-refractivity contribution < 1.29 is 18.7 Å². The summed E-state index contributed by atoms with van der Waals surface area (Å²) in [4.78, 5) is 16.5. The van der Waals surface area contributed by atoms with E-state index >= 15 is 0 Å². The van der Waals surface area contributed by atoms with E-state index in [0.717, 1.165) is 5.39 Å². The molecule has 1 amide bonds. The smallest absolute Gasteiger partial charge is 0.255 e. The largest absolute Gasteiger partial charge is 0.481 e. The molecule has 2 heterocycles. The number of nitrogens with one attached hydrogen (secondary N) is 1. The minimum atomic E-state index is -0.323. The maximum Gasteiger partial charge on any atom is 0.255 e. The summed E-state index contributed by atoms with van der Waals surface area (Å²) in [6, 6.07) is 10.8. The van der Waals surface area contributed by atoms with E-state index in [1.54, 1.807) is 32.2 Å². The van der Waals surface area contributed by atoms with Gasteiger partial charge in [0.25, 0.3) is 5.91 Å². The van der Waals surface area contributed by atoms with Crippen LogP contribution >= 0.6 is 0 Å². The molecule has 0 fully saturated rings. The SMILES string of the molecule is CC#CCOc1ccc2cc(CNC(=O)c3ccc(COC)nc3N)oc2c1. The Morgan fingerprint density at radius 2 is 2.14 bits per heavy atom. The van der Waals surface area contributed by atoms with Gasteiger partial charge in [0.1, 0.15) is 29.5 Å². The topological polar surface area (TPSA) is 99.6 Å². The number of carbonyl (C=O) groups is 1. The quantitative estimate of drug-likeness (QED) is 0.613. The number of nitrogens with two attached hydrogens (primary N) is 1. The summed E-state index contributed by atoms with van der Waals surface area (Å²) in [5.41, 5.74) is 7.52. The van der Waals surface area contributed by atoms with E-state index in [1.165, 1.54) is 0 Å². The summed E-state index contributed by atoms with van der Waals surface area (Å²) in [7, 11) is 1.57. The van der Waals surface area contributed by atoms with Crippen LogP contribution in [-0.4, -0.2) is 24.6 Å². The molecule has 1 aromatic carbocycles. The molecule has 0 saturated carbocycles.